The molecule has 3 aromatic rings. The third kappa shape index (κ3) is 3.11. The van der Waals surface area contributed by atoms with Gasteiger partial charge in [-0.3, -0.25) is 4.79 Å². The molecule has 106 valence electrons. The molecule has 0 aliphatic rings. The Morgan fingerprint density at radius 3 is 2.76 bits per heavy atom. The smallest absolute Gasteiger partial charge is 0.316 e. The van der Waals surface area contributed by atoms with Crippen LogP contribution in [0.2, 0.25) is 5.02 Å². The van der Waals surface area contributed by atoms with Gasteiger partial charge >= 0.3 is 11.8 Å². The van der Waals surface area contributed by atoms with Crippen LogP contribution in [-0.4, -0.2) is 16.0 Å². The van der Waals surface area contributed by atoms with E-state index in [2.05, 4.69) is 15.5 Å². The zero-order valence-corrected chi connectivity index (χ0v) is 11.5. The first-order valence-electron chi connectivity index (χ1n) is 6.12. The summed E-state index contributed by atoms with van der Waals surface area (Å²) < 4.78 is 10.1. The highest BCUT2D eigenvalue weighted by Crippen LogP contribution is 2.18. The molecule has 1 aromatic carbocycles. The molecule has 21 heavy (non-hydrogen) atoms. The Kier molecular flexibility index (Phi) is 3.70. The van der Waals surface area contributed by atoms with Crippen molar-refractivity contribution in [1.29, 1.82) is 0 Å². The lowest BCUT2D eigenvalue weighted by Gasteiger charge is -1.97. The Morgan fingerprint density at radius 2 is 2.05 bits per heavy atom. The van der Waals surface area contributed by atoms with Gasteiger partial charge in [0.2, 0.25) is 5.82 Å². The van der Waals surface area contributed by atoms with Gasteiger partial charge in [-0.25, -0.2) is 0 Å². The minimum atomic E-state index is -0.459. The van der Waals surface area contributed by atoms with Crippen molar-refractivity contribution in [2.24, 2.45) is 0 Å². The van der Waals surface area contributed by atoms with Crippen molar-refractivity contribution in [3.05, 3.63) is 59.3 Å². The zero-order chi connectivity index (χ0) is 14.7. The summed E-state index contributed by atoms with van der Waals surface area (Å²) in [7, 11) is 0. The number of furan rings is 1. The predicted octanol–water partition coefficient (Wildman–Crippen LogP) is 2.91. The molecule has 6 nitrogen and oxygen atoms in total. The Labute approximate surface area is 124 Å². The molecule has 0 saturated heterocycles. The second-order valence-corrected chi connectivity index (χ2v) is 4.63. The van der Waals surface area contributed by atoms with Crippen molar-refractivity contribution in [3.8, 4) is 11.4 Å². The van der Waals surface area contributed by atoms with Crippen LogP contribution in [0.15, 0.2) is 51.6 Å². The second-order valence-electron chi connectivity index (χ2n) is 4.19. The number of carbonyl (C=O) groups excluding carboxylic acids is 1. The normalized spacial score (nSPS) is 10.5. The monoisotopic (exact) mass is 303 g/mol. The first-order valence-corrected chi connectivity index (χ1v) is 6.50. The van der Waals surface area contributed by atoms with Gasteiger partial charge in [0.1, 0.15) is 5.76 Å². The Hall–Kier alpha value is -2.60. The van der Waals surface area contributed by atoms with E-state index in [4.69, 9.17) is 20.5 Å². The number of hydrogen-bond acceptors (Lipinski definition) is 5. The zero-order valence-electron chi connectivity index (χ0n) is 10.7. The number of nitrogens with zero attached hydrogens (tertiary/aromatic N) is 2. The molecule has 7 heteroatoms. The van der Waals surface area contributed by atoms with E-state index in [9.17, 15) is 4.79 Å². The van der Waals surface area contributed by atoms with E-state index in [1.165, 1.54) is 6.26 Å². The van der Waals surface area contributed by atoms with Gasteiger partial charge in [-0.05, 0) is 36.4 Å². The summed E-state index contributed by atoms with van der Waals surface area (Å²) in [6, 6.07) is 10.4. The van der Waals surface area contributed by atoms with Crippen LogP contribution in [0.1, 0.15) is 16.4 Å². The van der Waals surface area contributed by atoms with E-state index in [-0.39, 0.29) is 12.4 Å². The first-order chi connectivity index (χ1) is 10.2. The second kappa shape index (κ2) is 5.80. The van der Waals surface area contributed by atoms with Crippen molar-refractivity contribution in [2.45, 2.75) is 6.54 Å². The number of rotatable bonds is 4. The van der Waals surface area contributed by atoms with Gasteiger partial charge in [0, 0.05) is 10.6 Å². The number of benzene rings is 1. The molecule has 0 spiro atoms. The standard InChI is InChI=1S/C14H10ClN3O3/c15-10-5-3-9(4-6-10)12-17-14(21-18-12)13(19)16-8-11-2-1-7-20-11/h1-7H,8H2,(H,16,19). The van der Waals surface area contributed by atoms with Gasteiger partial charge in [0.25, 0.3) is 0 Å². The molecule has 0 radical (unpaired) electrons. The molecule has 0 aliphatic carbocycles. The molecule has 0 fully saturated rings. The summed E-state index contributed by atoms with van der Waals surface area (Å²) in [5, 5.41) is 7.00. The van der Waals surface area contributed by atoms with Gasteiger partial charge < -0.3 is 14.3 Å². The van der Waals surface area contributed by atoms with Crippen LogP contribution in [0.25, 0.3) is 11.4 Å². The molecular weight excluding hydrogens is 294 g/mol. The molecule has 2 heterocycles. The minimum Gasteiger partial charge on any atom is -0.467 e. The molecule has 0 aliphatic heterocycles. The lowest BCUT2D eigenvalue weighted by molar-refractivity contribution is 0.0904. The average molecular weight is 304 g/mol. The summed E-state index contributed by atoms with van der Waals surface area (Å²) >= 11 is 5.81. The van der Waals surface area contributed by atoms with Gasteiger partial charge in [-0.1, -0.05) is 16.8 Å². The van der Waals surface area contributed by atoms with Gasteiger partial charge in [0.05, 0.1) is 12.8 Å². The minimum absolute atomic E-state index is 0.105. The summed E-state index contributed by atoms with van der Waals surface area (Å²) in [5.41, 5.74) is 0.716. The van der Waals surface area contributed by atoms with Crippen molar-refractivity contribution in [3.63, 3.8) is 0 Å². The van der Waals surface area contributed by atoms with Crippen LogP contribution in [-0.2, 0) is 6.54 Å². The fraction of sp³-hybridized carbons (Fsp3) is 0.0714. The fourth-order valence-corrected chi connectivity index (χ4v) is 1.81. The predicted molar refractivity (Wildman–Crippen MR) is 74.6 cm³/mol. The van der Waals surface area contributed by atoms with Crippen LogP contribution in [0, 0.1) is 0 Å². The third-order valence-electron chi connectivity index (χ3n) is 2.73. The van der Waals surface area contributed by atoms with E-state index in [1.807, 2.05) is 0 Å². The van der Waals surface area contributed by atoms with Gasteiger partial charge in [-0.2, -0.15) is 4.98 Å². The number of halogens is 1. The number of carbonyl (C=O) groups is 1. The van der Waals surface area contributed by atoms with Gasteiger partial charge in [-0.15, -0.1) is 0 Å². The van der Waals surface area contributed by atoms with Crippen molar-refractivity contribution >= 4 is 17.5 Å². The molecule has 0 saturated carbocycles. The van der Waals surface area contributed by atoms with E-state index >= 15 is 0 Å². The Morgan fingerprint density at radius 1 is 1.24 bits per heavy atom. The topological polar surface area (TPSA) is 81.2 Å². The lowest BCUT2D eigenvalue weighted by atomic mass is 10.2. The van der Waals surface area contributed by atoms with Crippen LogP contribution in [0.4, 0.5) is 0 Å². The largest absolute Gasteiger partial charge is 0.467 e. The van der Waals surface area contributed by atoms with E-state index < -0.39 is 5.91 Å². The maximum atomic E-state index is 11.9. The fourth-order valence-electron chi connectivity index (χ4n) is 1.69. The summed E-state index contributed by atoms with van der Waals surface area (Å²) in [6.45, 7) is 0.254. The van der Waals surface area contributed by atoms with Crippen LogP contribution < -0.4 is 5.32 Å². The molecule has 0 bridgehead atoms. The molecule has 0 unspecified atom stereocenters. The summed E-state index contributed by atoms with van der Waals surface area (Å²) in [4.78, 5) is 15.9. The highest BCUT2D eigenvalue weighted by atomic mass is 35.5. The molecular formula is C14H10ClN3O3. The number of nitrogens with one attached hydrogen (secondary N) is 1. The van der Waals surface area contributed by atoms with Crippen LogP contribution in [0.5, 0.6) is 0 Å². The Balaban J connectivity index is 1.69. The maximum absolute atomic E-state index is 11.9. The molecule has 1 amide bonds. The summed E-state index contributed by atoms with van der Waals surface area (Å²) in [6.07, 6.45) is 1.53. The summed E-state index contributed by atoms with van der Waals surface area (Å²) in [5.74, 6) is 0.404. The average Bonchev–Trinajstić information content (AvgIpc) is 3.17. The van der Waals surface area contributed by atoms with Crippen molar-refractivity contribution in [2.75, 3.05) is 0 Å². The highest BCUT2D eigenvalue weighted by Gasteiger charge is 2.16. The number of amides is 1. The van der Waals surface area contributed by atoms with Crippen LogP contribution in [0.3, 0.4) is 0 Å². The van der Waals surface area contributed by atoms with Crippen molar-refractivity contribution in [1.82, 2.24) is 15.5 Å². The quantitative estimate of drug-likeness (QED) is 0.801. The third-order valence-corrected chi connectivity index (χ3v) is 2.98. The lowest BCUT2D eigenvalue weighted by Crippen LogP contribution is -2.22. The number of aromatic nitrogens is 2. The van der Waals surface area contributed by atoms with Crippen LogP contribution >= 0.6 is 11.6 Å². The SMILES string of the molecule is O=C(NCc1ccco1)c1nc(-c2ccc(Cl)cc2)no1. The molecule has 0 atom stereocenters. The maximum Gasteiger partial charge on any atom is 0.316 e. The highest BCUT2D eigenvalue weighted by molar-refractivity contribution is 6.30. The molecule has 3 rings (SSSR count). The Bertz CT molecular complexity index is 735. The van der Waals surface area contributed by atoms with E-state index in [0.717, 1.165) is 0 Å². The molecule has 2 aromatic heterocycles. The molecule has 1 N–H and O–H groups in total. The first kappa shape index (κ1) is 13.4. The van der Waals surface area contributed by atoms with Gasteiger partial charge in [0.15, 0.2) is 0 Å². The van der Waals surface area contributed by atoms with Crippen molar-refractivity contribution < 1.29 is 13.7 Å². The number of hydrogen-bond donors (Lipinski definition) is 1. The van der Waals surface area contributed by atoms with E-state index in [1.54, 1.807) is 36.4 Å². The van der Waals surface area contributed by atoms with E-state index in [0.29, 0.717) is 22.2 Å².